The molecule has 22 heavy (non-hydrogen) atoms. The van der Waals surface area contributed by atoms with E-state index in [-0.39, 0.29) is 11.4 Å². The number of aromatic nitrogens is 1. The molecule has 1 aliphatic rings. The summed E-state index contributed by atoms with van der Waals surface area (Å²) in [6.45, 7) is 0.912. The molecule has 0 fully saturated rings. The highest BCUT2D eigenvalue weighted by molar-refractivity contribution is 7.89. The van der Waals surface area contributed by atoms with Gasteiger partial charge < -0.3 is 9.47 Å². The standard InChI is InChI=1S/C14H13ClN2O4S/c15-12-3-4-16-8-10(12)9-17-22(18,19)11-1-2-13-14(7-11)21-6-5-20-13/h1-4,7-8,17H,5-6,9H2. The fourth-order valence-electron chi connectivity index (χ4n) is 1.99. The van der Waals surface area contributed by atoms with Gasteiger partial charge in [0.2, 0.25) is 10.0 Å². The molecule has 1 aromatic heterocycles. The molecule has 0 saturated heterocycles. The molecule has 1 N–H and O–H groups in total. The van der Waals surface area contributed by atoms with E-state index in [1.807, 2.05) is 0 Å². The molecular weight excluding hydrogens is 328 g/mol. The highest BCUT2D eigenvalue weighted by atomic mass is 35.5. The summed E-state index contributed by atoms with van der Waals surface area (Å²) in [5.74, 6) is 0.967. The maximum absolute atomic E-state index is 12.3. The Morgan fingerprint density at radius 1 is 1.18 bits per heavy atom. The van der Waals surface area contributed by atoms with E-state index in [9.17, 15) is 8.42 Å². The van der Waals surface area contributed by atoms with Crippen molar-refractivity contribution in [1.82, 2.24) is 9.71 Å². The molecule has 1 aliphatic heterocycles. The highest BCUT2D eigenvalue weighted by Crippen LogP contribution is 2.32. The summed E-state index contributed by atoms with van der Waals surface area (Å²) in [5, 5.41) is 0.458. The zero-order valence-electron chi connectivity index (χ0n) is 11.5. The van der Waals surface area contributed by atoms with Crippen LogP contribution >= 0.6 is 11.6 Å². The van der Waals surface area contributed by atoms with E-state index >= 15 is 0 Å². The lowest BCUT2D eigenvalue weighted by atomic mass is 10.3. The molecule has 0 bridgehead atoms. The van der Waals surface area contributed by atoms with Gasteiger partial charge in [-0.15, -0.1) is 0 Å². The Bertz CT molecular complexity index is 795. The summed E-state index contributed by atoms with van der Waals surface area (Å²) in [7, 11) is -3.68. The minimum atomic E-state index is -3.68. The number of sulfonamides is 1. The van der Waals surface area contributed by atoms with Crippen LogP contribution in [-0.4, -0.2) is 26.6 Å². The average molecular weight is 341 g/mol. The van der Waals surface area contributed by atoms with Gasteiger partial charge in [0.05, 0.1) is 4.90 Å². The SMILES string of the molecule is O=S(=O)(NCc1cnccc1Cl)c1ccc2c(c1)OCCO2. The van der Waals surface area contributed by atoms with Crippen LogP contribution in [0.15, 0.2) is 41.6 Å². The van der Waals surface area contributed by atoms with Crippen LogP contribution in [0.3, 0.4) is 0 Å². The lowest BCUT2D eigenvalue weighted by molar-refractivity contribution is 0.171. The first-order valence-electron chi connectivity index (χ1n) is 6.54. The van der Waals surface area contributed by atoms with Gasteiger partial charge in [-0.2, -0.15) is 0 Å². The number of halogens is 1. The van der Waals surface area contributed by atoms with Crippen LogP contribution in [0.5, 0.6) is 11.5 Å². The number of nitrogens with zero attached hydrogens (tertiary/aromatic N) is 1. The second-order valence-electron chi connectivity index (χ2n) is 4.60. The summed E-state index contributed by atoms with van der Waals surface area (Å²) >= 11 is 5.98. The van der Waals surface area contributed by atoms with Gasteiger partial charge in [-0.05, 0) is 18.2 Å². The van der Waals surface area contributed by atoms with Gasteiger partial charge in [0.15, 0.2) is 11.5 Å². The molecule has 0 saturated carbocycles. The van der Waals surface area contributed by atoms with Crippen molar-refractivity contribution in [3.8, 4) is 11.5 Å². The number of fused-ring (bicyclic) bond motifs is 1. The Kier molecular flexibility index (Phi) is 4.19. The third-order valence-electron chi connectivity index (χ3n) is 3.12. The van der Waals surface area contributed by atoms with E-state index in [0.29, 0.717) is 35.3 Å². The van der Waals surface area contributed by atoms with E-state index in [2.05, 4.69) is 9.71 Å². The van der Waals surface area contributed by atoms with Crippen LogP contribution in [0.25, 0.3) is 0 Å². The van der Waals surface area contributed by atoms with Crippen LogP contribution in [-0.2, 0) is 16.6 Å². The third kappa shape index (κ3) is 3.16. The molecule has 6 nitrogen and oxygen atoms in total. The molecule has 0 amide bonds. The van der Waals surface area contributed by atoms with E-state index in [4.69, 9.17) is 21.1 Å². The van der Waals surface area contributed by atoms with Gasteiger partial charge in [0, 0.05) is 35.6 Å². The van der Waals surface area contributed by atoms with E-state index < -0.39 is 10.0 Å². The van der Waals surface area contributed by atoms with Crippen molar-refractivity contribution in [2.45, 2.75) is 11.4 Å². The Morgan fingerprint density at radius 3 is 2.73 bits per heavy atom. The van der Waals surface area contributed by atoms with E-state index in [1.54, 1.807) is 18.3 Å². The first kappa shape index (κ1) is 15.1. The third-order valence-corrected chi connectivity index (χ3v) is 4.89. The molecule has 8 heteroatoms. The largest absolute Gasteiger partial charge is 0.486 e. The van der Waals surface area contributed by atoms with Gasteiger partial charge in [-0.3, -0.25) is 4.98 Å². The topological polar surface area (TPSA) is 77.5 Å². The number of nitrogens with one attached hydrogen (secondary N) is 1. The highest BCUT2D eigenvalue weighted by Gasteiger charge is 2.19. The Balaban J connectivity index is 1.80. The molecule has 1 aromatic carbocycles. The summed E-state index contributed by atoms with van der Waals surface area (Å²) in [6, 6.07) is 6.11. The summed E-state index contributed by atoms with van der Waals surface area (Å²) < 4.78 is 37.9. The second kappa shape index (κ2) is 6.12. The number of pyridine rings is 1. The molecule has 0 atom stereocenters. The first-order chi connectivity index (χ1) is 10.6. The average Bonchev–Trinajstić information content (AvgIpc) is 2.54. The number of hydrogen-bond acceptors (Lipinski definition) is 5. The van der Waals surface area contributed by atoms with Crippen LogP contribution in [0.2, 0.25) is 5.02 Å². The van der Waals surface area contributed by atoms with Crippen LogP contribution in [0.1, 0.15) is 5.56 Å². The van der Waals surface area contributed by atoms with Gasteiger partial charge in [0.1, 0.15) is 13.2 Å². The molecule has 0 unspecified atom stereocenters. The fraction of sp³-hybridized carbons (Fsp3) is 0.214. The van der Waals surface area contributed by atoms with Gasteiger partial charge in [-0.25, -0.2) is 13.1 Å². The maximum Gasteiger partial charge on any atom is 0.241 e. The smallest absolute Gasteiger partial charge is 0.241 e. The quantitative estimate of drug-likeness (QED) is 0.921. The molecule has 3 rings (SSSR count). The number of ether oxygens (including phenoxy) is 2. The lowest BCUT2D eigenvalue weighted by Crippen LogP contribution is -2.24. The van der Waals surface area contributed by atoms with Crippen LogP contribution in [0.4, 0.5) is 0 Å². The van der Waals surface area contributed by atoms with Crippen molar-refractivity contribution < 1.29 is 17.9 Å². The molecule has 0 radical (unpaired) electrons. The summed E-state index contributed by atoms with van der Waals surface area (Å²) in [6.07, 6.45) is 3.07. The Morgan fingerprint density at radius 2 is 1.95 bits per heavy atom. The normalized spacial score (nSPS) is 13.9. The second-order valence-corrected chi connectivity index (χ2v) is 6.77. The molecule has 2 heterocycles. The van der Waals surface area contributed by atoms with Gasteiger partial charge in [0.25, 0.3) is 0 Å². The Hall–Kier alpha value is -1.83. The number of rotatable bonds is 4. The van der Waals surface area contributed by atoms with Crippen LogP contribution < -0.4 is 14.2 Å². The Labute approximate surface area is 133 Å². The molecular formula is C14H13ClN2O4S. The van der Waals surface area contributed by atoms with Crippen molar-refractivity contribution in [1.29, 1.82) is 0 Å². The molecule has 2 aromatic rings. The number of benzene rings is 1. The predicted octanol–water partition coefficient (Wildman–Crippen LogP) is 1.98. The molecule has 0 spiro atoms. The minimum Gasteiger partial charge on any atom is -0.486 e. The zero-order chi connectivity index (χ0) is 15.6. The fourth-order valence-corrected chi connectivity index (χ4v) is 3.18. The zero-order valence-corrected chi connectivity index (χ0v) is 13.0. The maximum atomic E-state index is 12.3. The summed E-state index contributed by atoms with van der Waals surface area (Å²) in [4.78, 5) is 4.03. The molecule has 116 valence electrons. The van der Waals surface area contributed by atoms with Crippen molar-refractivity contribution in [3.63, 3.8) is 0 Å². The number of hydrogen-bond donors (Lipinski definition) is 1. The van der Waals surface area contributed by atoms with E-state index in [0.717, 1.165) is 0 Å². The van der Waals surface area contributed by atoms with Crippen molar-refractivity contribution in [2.75, 3.05) is 13.2 Å². The molecule has 0 aliphatic carbocycles. The van der Waals surface area contributed by atoms with Crippen molar-refractivity contribution >= 4 is 21.6 Å². The first-order valence-corrected chi connectivity index (χ1v) is 8.40. The van der Waals surface area contributed by atoms with Gasteiger partial charge in [-0.1, -0.05) is 11.6 Å². The van der Waals surface area contributed by atoms with Crippen molar-refractivity contribution in [2.24, 2.45) is 0 Å². The lowest BCUT2D eigenvalue weighted by Gasteiger charge is -2.19. The van der Waals surface area contributed by atoms with Crippen LogP contribution in [0, 0.1) is 0 Å². The van der Waals surface area contributed by atoms with Gasteiger partial charge >= 0.3 is 0 Å². The monoisotopic (exact) mass is 340 g/mol. The minimum absolute atomic E-state index is 0.0590. The van der Waals surface area contributed by atoms with Crippen molar-refractivity contribution in [3.05, 3.63) is 47.2 Å². The van der Waals surface area contributed by atoms with E-state index in [1.165, 1.54) is 18.3 Å². The predicted molar refractivity (Wildman–Crippen MR) is 80.7 cm³/mol. The summed E-state index contributed by atoms with van der Waals surface area (Å²) in [5.41, 5.74) is 0.602.